The molecule has 4 aromatic rings. The van der Waals surface area contributed by atoms with Crippen LogP contribution in [-0.2, 0) is 6.16 Å². The van der Waals surface area contributed by atoms with Crippen molar-refractivity contribution in [3.63, 3.8) is 0 Å². The van der Waals surface area contributed by atoms with Gasteiger partial charge in [-0.25, -0.2) is 4.39 Å². The summed E-state index contributed by atoms with van der Waals surface area (Å²) in [6, 6.07) is 38.5. The number of benzene rings is 4. The highest BCUT2D eigenvalue weighted by Crippen LogP contribution is 2.58. The first kappa shape index (κ1) is 17.6. The lowest BCUT2D eigenvalue weighted by Gasteiger charge is -2.28. The summed E-state index contributed by atoms with van der Waals surface area (Å²) in [5, 5.41) is 3.21. The first-order chi connectivity index (χ1) is 13.3. The molecule has 0 aromatic heterocycles. The van der Waals surface area contributed by atoms with E-state index in [1.54, 1.807) is 12.1 Å². The zero-order valence-corrected chi connectivity index (χ0v) is 15.9. The molecule has 4 rings (SSSR count). The van der Waals surface area contributed by atoms with Gasteiger partial charge >= 0.3 is 0 Å². The van der Waals surface area contributed by atoms with Crippen molar-refractivity contribution < 1.29 is 4.39 Å². The van der Waals surface area contributed by atoms with Gasteiger partial charge in [-0.05, 0) is 42.0 Å². The molecule has 0 N–H and O–H groups in total. The lowest BCUT2D eigenvalue weighted by molar-refractivity contribution is 0.636. The van der Waals surface area contributed by atoms with E-state index in [1.807, 2.05) is 30.3 Å². The van der Waals surface area contributed by atoms with Crippen LogP contribution in [0.25, 0.3) is 0 Å². The molecule has 0 saturated carbocycles. The quantitative estimate of drug-likeness (QED) is 0.417. The predicted molar refractivity (Wildman–Crippen MR) is 115 cm³/mol. The van der Waals surface area contributed by atoms with Gasteiger partial charge in [0.15, 0.2) is 5.82 Å². The Kier molecular flexibility index (Phi) is 5.14. The summed E-state index contributed by atoms with van der Waals surface area (Å²) in [6.45, 7) is 0. The van der Waals surface area contributed by atoms with Crippen LogP contribution in [0.1, 0.15) is 5.56 Å². The minimum Gasteiger partial charge on any atom is -0.203 e. The molecule has 2 heteroatoms. The molecule has 0 nitrogen and oxygen atoms in total. The molecule has 0 radical (unpaired) electrons. The Bertz CT molecular complexity index is 958. The van der Waals surface area contributed by atoms with E-state index in [-0.39, 0.29) is 5.82 Å². The monoisotopic (exact) mass is 370 g/mol. The largest absolute Gasteiger partial charge is 0.203 e. The maximum absolute atomic E-state index is 15.2. The summed E-state index contributed by atoms with van der Waals surface area (Å²) < 4.78 is 15.2. The molecule has 0 unspecified atom stereocenters. The van der Waals surface area contributed by atoms with Crippen molar-refractivity contribution in [2.45, 2.75) is 6.16 Å². The van der Waals surface area contributed by atoms with Crippen LogP contribution in [0.4, 0.5) is 4.39 Å². The van der Waals surface area contributed by atoms with E-state index in [2.05, 4.69) is 72.8 Å². The van der Waals surface area contributed by atoms with E-state index in [1.165, 1.54) is 16.2 Å². The van der Waals surface area contributed by atoms with Crippen molar-refractivity contribution in [2.24, 2.45) is 0 Å². The van der Waals surface area contributed by atoms with Gasteiger partial charge in [0, 0.05) is 0 Å². The van der Waals surface area contributed by atoms with E-state index in [0.717, 1.165) is 11.5 Å². The van der Waals surface area contributed by atoms with Gasteiger partial charge in [0.2, 0.25) is 0 Å². The van der Waals surface area contributed by atoms with E-state index in [0.29, 0.717) is 0 Å². The average molecular weight is 370 g/mol. The predicted octanol–water partition coefficient (Wildman–Crippen LogP) is 5.32. The van der Waals surface area contributed by atoms with Gasteiger partial charge < -0.3 is 0 Å². The van der Waals surface area contributed by atoms with Crippen LogP contribution in [0.5, 0.6) is 0 Å². The van der Waals surface area contributed by atoms with Gasteiger partial charge in [0.25, 0.3) is 0 Å². The van der Waals surface area contributed by atoms with Gasteiger partial charge in [-0.15, -0.1) is 0 Å². The Labute approximate surface area is 160 Å². The lowest BCUT2D eigenvalue weighted by Crippen LogP contribution is -2.34. The van der Waals surface area contributed by atoms with Crippen LogP contribution >= 0.6 is 7.26 Å². The van der Waals surface area contributed by atoms with Crippen LogP contribution in [0.2, 0.25) is 0 Å². The Hall–Kier alpha value is -2.76. The second-order valence-electron chi connectivity index (χ2n) is 6.58. The average Bonchev–Trinajstić information content (AvgIpc) is 2.75. The molecular formula is C25H21FP+. The smallest absolute Gasteiger partial charge is 0.166 e. The summed E-state index contributed by atoms with van der Waals surface area (Å²) in [5.74, 6) is -0.130. The Morgan fingerprint density at radius 3 is 1.48 bits per heavy atom. The van der Waals surface area contributed by atoms with Crippen molar-refractivity contribution in [1.29, 1.82) is 0 Å². The minimum atomic E-state index is -2.19. The third-order valence-corrected chi connectivity index (χ3v) is 9.30. The Balaban J connectivity index is 2.04. The van der Waals surface area contributed by atoms with Crippen LogP contribution in [-0.4, -0.2) is 0 Å². The van der Waals surface area contributed by atoms with Crippen molar-refractivity contribution in [3.8, 4) is 0 Å². The van der Waals surface area contributed by atoms with Gasteiger partial charge in [-0.3, -0.25) is 0 Å². The molecule has 4 aromatic carbocycles. The second kappa shape index (κ2) is 7.86. The van der Waals surface area contributed by atoms with E-state index >= 15 is 4.39 Å². The number of hydrogen-bond donors (Lipinski definition) is 0. The van der Waals surface area contributed by atoms with Crippen LogP contribution in [0, 0.1) is 5.82 Å². The highest BCUT2D eigenvalue weighted by Gasteiger charge is 2.47. The zero-order valence-electron chi connectivity index (χ0n) is 15.0. The summed E-state index contributed by atoms with van der Waals surface area (Å²) in [5.41, 5.74) is 1.22. The summed E-state index contributed by atoms with van der Waals surface area (Å²) in [6.07, 6.45) is 0.794. The number of rotatable bonds is 5. The number of hydrogen-bond acceptors (Lipinski definition) is 0. The SMILES string of the molecule is [18F]c1ccccc1[P+](Cc1ccccc1)(c1ccccc1)c1ccccc1. The fourth-order valence-corrected chi connectivity index (χ4v) is 7.97. The third kappa shape index (κ3) is 3.44. The van der Waals surface area contributed by atoms with Gasteiger partial charge in [-0.1, -0.05) is 78.9 Å². The Morgan fingerprint density at radius 2 is 0.963 bits per heavy atom. The van der Waals surface area contributed by atoms with Crippen molar-refractivity contribution >= 4 is 23.2 Å². The topological polar surface area (TPSA) is 0 Å². The fourth-order valence-electron chi connectivity index (χ4n) is 3.68. The molecule has 0 heterocycles. The first-order valence-electron chi connectivity index (χ1n) is 9.09. The highest BCUT2D eigenvalue weighted by molar-refractivity contribution is 7.95. The molecule has 0 saturated heterocycles. The van der Waals surface area contributed by atoms with E-state index in [4.69, 9.17) is 0 Å². The Morgan fingerprint density at radius 1 is 0.519 bits per heavy atom. The van der Waals surface area contributed by atoms with E-state index in [9.17, 15) is 0 Å². The molecule has 0 aliphatic heterocycles. The van der Waals surface area contributed by atoms with Crippen LogP contribution < -0.4 is 15.9 Å². The molecule has 0 aliphatic rings. The second-order valence-corrected chi connectivity index (χ2v) is 10.0. The van der Waals surface area contributed by atoms with Crippen LogP contribution in [0.3, 0.4) is 0 Å². The standard InChI is InChI=1S/C25H21FP/c26-24-18-10-11-19-25(24)27(22-14-6-2-7-15-22,23-16-8-3-9-17-23)20-21-12-4-1-5-13-21/h1-19H,20H2/q+1/i26-1. The van der Waals surface area contributed by atoms with E-state index < -0.39 is 7.26 Å². The maximum atomic E-state index is 15.2. The molecule has 0 fully saturated rings. The summed E-state index contributed by atoms with van der Waals surface area (Å²) >= 11 is 0. The third-order valence-electron chi connectivity index (χ3n) is 4.92. The summed E-state index contributed by atoms with van der Waals surface area (Å²) in [7, 11) is -2.19. The molecule has 132 valence electrons. The fraction of sp³-hybridized carbons (Fsp3) is 0.0400. The molecular weight excluding hydrogens is 349 g/mol. The molecule has 0 atom stereocenters. The molecule has 0 bridgehead atoms. The molecule has 0 amide bonds. The van der Waals surface area contributed by atoms with Crippen molar-refractivity contribution in [2.75, 3.05) is 0 Å². The normalized spacial score (nSPS) is 11.3. The molecule has 0 aliphatic carbocycles. The van der Waals surface area contributed by atoms with Crippen molar-refractivity contribution in [1.82, 2.24) is 0 Å². The van der Waals surface area contributed by atoms with Crippen LogP contribution in [0.15, 0.2) is 115 Å². The summed E-state index contributed by atoms with van der Waals surface area (Å²) in [4.78, 5) is 0. The van der Waals surface area contributed by atoms with Crippen molar-refractivity contribution in [3.05, 3.63) is 127 Å². The number of halogens is 1. The molecule has 27 heavy (non-hydrogen) atoms. The zero-order chi connectivity index (χ0) is 18.5. The van der Waals surface area contributed by atoms with Gasteiger partial charge in [-0.2, -0.15) is 0 Å². The lowest BCUT2D eigenvalue weighted by atomic mass is 10.2. The maximum Gasteiger partial charge on any atom is 0.166 e. The first-order valence-corrected chi connectivity index (χ1v) is 11.1. The minimum absolute atomic E-state index is 0.130. The van der Waals surface area contributed by atoms with Gasteiger partial charge in [0.1, 0.15) is 23.2 Å². The molecule has 0 spiro atoms. The van der Waals surface area contributed by atoms with Gasteiger partial charge in [0.05, 0.1) is 6.16 Å². The highest BCUT2D eigenvalue weighted by atomic mass is 31.2.